The number of carbonyl (C=O) groups is 1. The third kappa shape index (κ3) is 4.40. The molecule has 1 N–H and O–H groups in total. The van der Waals surface area contributed by atoms with E-state index < -0.39 is 22.0 Å². The first kappa shape index (κ1) is 16.7. The topological polar surface area (TPSA) is 98.7 Å². The summed E-state index contributed by atoms with van der Waals surface area (Å²) < 4.78 is 27.2. The van der Waals surface area contributed by atoms with E-state index in [9.17, 15) is 18.3 Å². The fourth-order valence-corrected chi connectivity index (χ4v) is 2.85. The van der Waals surface area contributed by atoms with Gasteiger partial charge in [0.15, 0.2) is 0 Å². The van der Waals surface area contributed by atoms with Gasteiger partial charge in [-0.15, -0.1) is 0 Å². The van der Waals surface area contributed by atoms with E-state index in [1.807, 2.05) is 0 Å². The Bertz CT molecular complexity index is 802. The Morgan fingerprint density at radius 3 is 2.09 bits per heavy atom. The molecule has 2 aromatic carbocycles. The van der Waals surface area contributed by atoms with Crippen molar-refractivity contribution in [3.8, 4) is 0 Å². The van der Waals surface area contributed by atoms with Gasteiger partial charge in [0, 0.05) is 5.56 Å². The van der Waals surface area contributed by atoms with Crippen LogP contribution in [0.25, 0.3) is 0 Å². The summed E-state index contributed by atoms with van der Waals surface area (Å²) in [6, 6.07) is 15.0. The van der Waals surface area contributed by atoms with Gasteiger partial charge in [-0.2, -0.15) is 0 Å². The molecule has 0 saturated heterocycles. The lowest BCUT2D eigenvalue weighted by Gasteiger charge is -2.14. The Labute approximate surface area is 134 Å². The third-order valence-corrected chi connectivity index (χ3v) is 4.35. The van der Waals surface area contributed by atoms with Gasteiger partial charge in [-0.3, -0.25) is 9.71 Å². The van der Waals surface area contributed by atoms with Crippen LogP contribution in [0.5, 0.6) is 0 Å². The minimum Gasteiger partial charge on any atom is -0.548 e. The van der Waals surface area contributed by atoms with Crippen molar-refractivity contribution in [3.05, 3.63) is 66.2 Å². The van der Waals surface area contributed by atoms with Crippen molar-refractivity contribution in [2.45, 2.75) is 17.9 Å². The second-order valence-corrected chi connectivity index (χ2v) is 6.44. The van der Waals surface area contributed by atoms with E-state index in [2.05, 4.69) is 9.71 Å². The molecule has 0 radical (unpaired) electrons. The van der Waals surface area contributed by atoms with E-state index >= 15 is 0 Å². The number of rotatable bonds is 5. The molecule has 2 aromatic rings. The Morgan fingerprint density at radius 1 is 1.04 bits per heavy atom. The van der Waals surface area contributed by atoms with Crippen LogP contribution in [0.15, 0.2) is 70.6 Å². The number of hydrogen-bond donors (Lipinski definition) is 1. The first-order valence-electron chi connectivity index (χ1n) is 6.82. The number of aliphatic imine (C=N–C) groups is 1. The second kappa shape index (κ2) is 7.06. The van der Waals surface area contributed by atoms with Gasteiger partial charge in [0.25, 0.3) is 10.0 Å². The van der Waals surface area contributed by atoms with Crippen LogP contribution in [-0.2, 0) is 14.8 Å². The normalized spacial score (nSPS) is 13.3. The van der Waals surface area contributed by atoms with Gasteiger partial charge in [-0.05, 0) is 19.1 Å². The van der Waals surface area contributed by atoms with E-state index in [1.54, 1.807) is 48.5 Å². The zero-order valence-corrected chi connectivity index (χ0v) is 13.2. The van der Waals surface area contributed by atoms with Crippen molar-refractivity contribution in [1.29, 1.82) is 0 Å². The number of sulfonamides is 1. The van der Waals surface area contributed by atoms with E-state index in [1.165, 1.54) is 19.1 Å². The molecule has 23 heavy (non-hydrogen) atoms. The Hall–Kier alpha value is -2.67. The number of aliphatic carboxylic acids is 1. The Balaban J connectivity index is 2.41. The lowest BCUT2D eigenvalue weighted by Crippen LogP contribution is -2.37. The van der Waals surface area contributed by atoms with Crippen molar-refractivity contribution in [2.24, 2.45) is 4.99 Å². The largest absolute Gasteiger partial charge is 0.548 e. The van der Waals surface area contributed by atoms with E-state index in [0.29, 0.717) is 5.56 Å². The van der Waals surface area contributed by atoms with Gasteiger partial charge < -0.3 is 9.90 Å². The summed E-state index contributed by atoms with van der Waals surface area (Å²) in [7, 11) is -3.87. The SMILES string of the molecule is C[C@H](N=C(NS(=O)(=O)c1ccccc1)c1ccccc1)C(=O)[O-]. The smallest absolute Gasteiger partial charge is 0.263 e. The minimum atomic E-state index is -3.87. The van der Waals surface area contributed by atoms with Crippen LogP contribution in [0.4, 0.5) is 0 Å². The molecule has 0 aliphatic heterocycles. The van der Waals surface area contributed by atoms with Crippen LogP contribution in [-0.4, -0.2) is 26.3 Å². The molecule has 0 aliphatic carbocycles. The van der Waals surface area contributed by atoms with Crippen LogP contribution in [0.2, 0.25) is 0 Å². The summed E-state index contributed by atoms with van der Waals surface area (Å²) >= 11 is 0. The summed E-state index contributed by atoms with van der Waals surface area (Å²) in [5.74, 6) is -1.44. The number of nitrogens with zero attached hydrogens (tertiary/aromatic N) is 1. The highest BCUT2D eigenvalue weighted by atomic mass is 32.2. The molecule has 0 unspecified atom stereocenters. The first-order chi connectivity index (χ1) is 10.9. The zero-order valence-electron chi connectivity index (χ0n) is 12.3. The highest BCUT2D eigenvalue weighted by molar-refractivity contribution is 7.90. The van der Waals surface area contributed by atoms with Gasteiger partial charge in [-0.1, -0.05) is 48.5 Å². The zero-order chi connectivity index (χ0) is 16.9. The average Bonchev–Trinajstić information content (AvgIpc) is 2.55. The predicted molar refractivity (Wildman–Crippen MR) is 84.2 cm³/mol. The molecule has 1 atom stereocenters. The lowest BCUT2D eigenvalue weighted by atomic mass is 10.2. The maximum atomic E-state index is 12.4. The van der Waals surface area contributed by atoms with Gasteiger partial charge in [0.05, 0.1) is 16.9 Å². The van der Waals surface area contributed by atoms with Crippen LogP contribution < -0.4 is 9.83 Å². The molecule has 7 heteroatoms. The van der Waals surface area contributed by atoms with Gasteiger partial charge in [0.1, 0.15) is 5.84 Å². The molecule has 0 aliphatic rings. The number of carboxylic acid groups (broad SMARTS) is 1. The van der Waals surface area contributed by atoms with Crippen molar-refractivity contribution in [1.82, 2.24) is 4.72 Å². The molecule has 0 amide bonds. The van der Waals surface area contributed by atoms with Crippen LogP contribution in [0, 0.1) is 0 Å². The van der Waals surface area contributed by atoms with E-state index in [-0.39, 0.29) is 10.7 Å². The molecule has 0 fully saturated rings. The van der Waals surface area contributed by atoms with Crippen LogP contribution in [0.3, 0.4) is 0 Å². The van der Waals surface area contributed by atoms with Gasteiger partial charge in [-0.25, -0.2) is 8.42 Å². The molecule has 120 valence electrons. The summed E-state index contributed by atoms with van der Waals surface area (Å²) in [6.07, 6.45) is 0. The summed E-state index contributed by atoms with van der Waals surface area (Å²) in [5.41, 5.74) is 0.458. The molecule has 0 aromatic heterocycles. The number of nitrogens with one attached hydrogen (secondary N) is 1. The van der Waals surface area contributed by atoms with Gasteiger partial charge >= 0.3 is 0 Å². The third-order valence-electron chi connectivity index (χ3n) is 3.00. The molecule has 0 saturated carbocycles. The minimum absolute atomic E-state index is 0.0499. The number of amidine groups is 1. The molecule has 0 heterocycles. The van der Waals surface area contributed by atoms with E-state index in [4.69, 9.17) is 0 Å². The van der Waals surface area contributed by atoms with E-state index in [0.717, 1.165) is 0 Å². The number of carboxylic acids is 1. The maximum absolute atomic E-state index is 12.4. The van der Waals surface area contributed by atoms with Crippen molar-refractivity contribution >= 4 is 21.8 Å². The second-order valence-electron chi connectivity index (χ2n) is 4.76. The van der Waals surface area contributed by atoms with Crippen molar-refractivity contribution in [2.75, 3.05) is 0 Å². The predicted octanol–water partition coefficient (Wildman–Crippen LogP) is 0.550. The standard InChI is InChI=1S/C16H16N2O4S/c1-12(16(19)20)17-15(13-8-4-2-5-9-13)18-23(21,22)14-10-6-3-7-11-14/h2-12H,1H3,(H,17,18)(H,19,20)/p-1/t12-/m0/s1. The fourth-order valence-electron chi connectivity index (χ4n) is 1.79. The van der Waals surface area contributed by atoms with Crippen molar-refractivity contribution < 1.29 is 18.3 Å². The molecule has 0 bridgehead atoms. The highest BCUT2D eigenvalue weighted by Gasteiger charge is 2.17. The summed E-state index contributed by atoms with van der Waals surface area (Å²) in [5, 5.41) is 10.9. The number of hydrogen-bond acceptors (Lipinski definition) is 5. The van der Waals surface area contributed by atoms with Crippen LogP contribution >= 0.6 is 0 Å². The lowest BCUT2D eigenvalue weighted by molar-refractivity contribution is -0.306. The Kier molecular flexibility index (Phi) is 5.13. The molecule has 0 spiro atoms. The number of benzene rings is 2. The quantitative estimate of drug-likeness (QED) is 0.639. The molecular formula is C16H15N2O4S-. The maximum Gasteiger partial charge on any atom is 0.263 e. The summed E-state index contributed by atoms with van der Waals surface area (Å²) in [6.45, 7) is 1.31. The van der Waals surface area contributed by atoms with Crippen molar-refractivity contribution in [3.63, 3.8) is 0 Å². The monoisotopic (exact) mass is 331 g/mol. The average molecular weight is 331 g/mol. The number of carbonyl (C=O) groups excluding carboxylic acids is 1. The molecule has 2 rings (SSSR count). The fraction of sp³-hybridized carbons (Fsp3) is 0.125. The van der Waals surface area contributed by atoms with Crippen LogP contribution in [0.1, 0.15) is 12.5 Å². The summed E-state index contributed by atoms with van der Waals surface area (Å²) in [4.78, 5) is 14.9. The molecular weight excluding hydrogens is 316 g/mol. The Morgan fingerprint density at radius 2 is 1.57 bits per heavy atom. The molecule has 6 nitrogen and oxygen atoms in total. The highest BCUT2D eigenvalue weighted by Crippen LogP contribution is 2.10. The first-order valence-corrected chi connectivity index (χ1v) is 8.30. The van der Waals surface area contributed by atoms with Gasteiger partial charge in [0.2, 0.25) is 0 Å².